The zero-order chi connectivity index (χ0) is 32.5. The van der Waals surface area contributed by atoms with Crippen LogP contribution in [0.25, 0.3) is 0 Å². The summed E-state index contributed by atoms with van der Waals surface area (Å²) in [5, 5.41) is 2.84. The van der Waals surface area contributed by atoms with Crippen molar-refractivity contribution in [3.63, 3.8) is 0 Å². The molecule has 8 nitrogen and oxygen atoms in total. The topological polar surface area (TPSA) is 100 Å². The normalized spacial score (nSPS) is 11.1. The summed E-state index contributed by atoms with van der Waals surface area (Å²) in [6.07, 6.45) is 15.7. The second-order valence-corrected chi connectivity index (χ2v) is 11.1. The Labute approximate surface area is 269 Å². The molecule has 2 aromatic rings. The number of anilines is 1. The van der Waals surface area contributed by atoms with Crippen LogP contribution in [0.4, 0.5) is 5.69 Å². The second-order valence-electron chi connectivity index (χ2n) is 11.1. The zero-order valence-corrected chi connectivity index (χ0v) is 27.6. The first-order chi connectivity index (χ1) is 22.0. The van der Waals surface area contributed by atoms with Crippen molar-refractivity contribution in [2.75, 3.05) is 25.1 Å². The molecule has 0 unspecified atom stereocenters. The molecule has 0 aliphatic heterocycles. The van der Waals surface area contributed by atoms with Gasteiger partial charge in [-0.05, 0) is 55.7 Å². The molecule has 248 valence electrons. The van der Waals surface area contributed by atoms with Crippen LogP contribution in [0.1, 0.15) is 121 Å². The summed E-state index contributed by atoms with van der Waals surface area (Å²) in [4.78, 5) is 38.6. The molecule has 0 radical (unpaired) electrons. The molecule has 2 rings (SSSR count). The van der Waals surface area contributed by atoms with Crippen molar-refractivity contribution < 1.29 is 33.3 Å². The first-order valence-electron chi connectivity index (χ1n) is 16.8. The summed E-state index contributed by atoms with van der Waals surface area (Å²) in [6, 6.07) is 13.7. The smallest absolute Gasteiger partial charge is 0.374 e. The maximum atomic E-state index is 13.1. The minimum atomic E-state index is -0.771. The van der Waals surface area contributed by atoms with Crippen LogP contribution < -0.4 is 14.8 Å². The van der Waals surface area contributed by atoms with E-state index in [1.807, 2.05) is 0 Å². The third kappa shape index (κ3) is 16.2. The van der Waals surface area contributed by atoms with Gasteiger partial charge < -0.3 is 24.3 Å². The minimum Gasteiger partial charge on any atom is -0.494 e. The number of amides is 1. The van der Waals surface area contributed by atoms with E-state index in [9.17, 15) is 14.4 Å². The molecular formula is C37H53NO7. The van der Waals surface area contributed by atoms with Crippen molar-refractivity contribution in [2.24, 2.45) is 0 Å². The lowest BCUT2D eigenvalue weighted by Gasteiger charge is -2.14. The predicted molar refractivity (Wildman–Crippen MR) is 179 cm³/mol. The summed E-state index contributed by atoms with van der Waals surface area (Å²) in [7, 11) is 0. The fourth-order valence-corrected chi connectivity index (χ4v) is 4.49. The lowest BCUT2D eigenvalue weighted by atomic mass is 10.1. The highest BCUT2D eigenvalue weighted by molar-refractivity contribution is 6.05. The molecule has 8 heteroatoms. The molecule has 45 heavy (non-hydrogen) atoms. The fourth-order valence-electron chi connectivity index (χ4n) is 4.49. The Hall–Kier alpha value is -3.81. The van der Waals surface area contributed by atoms with Gasteiger partial charge in [0.1, 0.15) is 5.75 Å². The van der Waals surface area contributed by atoms with E-state index in [4.69, 9.17) is 18.9 Å². The highest BCUT2D eigenvalue weighted by atomic mass is 16.6. The molecule has 0 atom stereocenters. The number of nitrogens with one attached hydrogen (secondary N) is 1. The van der Waals surface area contributed by atoms with Gasteiger partial charge in [0.15, 0.2) is 5.75 Å². The Bertz CT molecular complexity index is 1160. The van der Waals surface area contributed by atoms with E-state index in [-0.39, 0.29) is 30.6 Å². The molecule has 0 aliphatic carbocycles. The summed E-state index contributed by atoms with van der Waals surface area (Å²) >= 11 is 0. The van der Waals surface area contributed by atoms with Gasteiger partial charge in [-0.15, -0.1) is 0 Å². The number of carbonyl (C=O) groups is 3. The zero-order valence-electron chi connectivity index (χ0n) is 27.6. The average molecular weight is 624 g/mol. The number of unbranched alkanes of at least 4 members (excludes halogenated alkanes) is 11. The Morgan fingerprint density at radius 3 is 1.87 bits per heavy atom. The number of rotatable bonds is 24. The third-order valence-electron chi connectivity index (χ3n) is 7.16. The first kappa shape index (κ1) is 37.4. The molecule has 1 amide bonds. The Kier molecular flexibility index (Phi) is 19.6. The summed E-state index contributed by atoms with van der Waals surface area (Å²) in [5.41, 5.74) is 0.770. The van der Waals surface area contributed by atoms with Gasteiger partial charge in [0.2, 0.25) is 5.76 Å². The number of hydrogen-bond donors (Lipinski definition) is 1. The lowest BCUT2D eigenvalue weighted by Crippen LogP contribution is -2.18. The Morgan fingerprint density at radius 1 is 0.644 bits per heavy atom. The predicted octanol–water partition coefficient (Wildman–Crippen LogP) is 9.19. The van der Waals surface area contributed by atoms with Crippen molar-refractivity contribution >= 4 is 23.5 Å². The molecular weight excluding hydrogens is 570 g/mol. The van der Waals surface area contributed by atoms with Gasteiger partial charge in [-0.25, -0.2) is 9.59 Å². The van der Waals surface area contributed by atoms with E-state index >= 15 is 0 Å². The van der Waals surface area contributed by atoms with Crippen LogP contribution in [0.3, 0.4) is 0 Å². The number of benzene rings is 2. The van der Waals surface area contributed by atoms with Crippen LogP contribution in [-0.2, 0) is 19.1 Å². The van der Waals surface area contributed by atoms with Crippen molar-refractivity contribution in [1.82, 2.24) is 0 Å². The van der Waals surface area contributed by atoms with Crippen molar-refractivity contribution in [1.29, 1.82) is 0 Å². The van der Waals surface area contributed by atoms with E-state index in [2.05, 4.69) is 26.1 Å². The quantitative estimate of drug-likeness (QED) is 0.0538. The summed E-state index contributed by atoms with van der Waals surface area (Å²) in [6.45, 7) is 7.53. The molecule has 0 saturated heterocycles. The number of carbonyl (C=O) groups excluding carboxylic acids is 3. The van der Waals surface area contributed by atoms with Crippen LogP contribution in [-0.4, -0.2) is 37.7 Å². The van der Waals surface area contributed by atoms with E-state index in [0.29, 0.717) is 30.0 Å². The minimum absolute atomic E-state index is 0.190. The average Bonchev–Trinajstić information content (AvgIpc) is 3.04. The highest BCUT2D eigenvalue weighted by Gasteiger charge is 2.19. The van der Waals surface area contributed by atoms with E-state index in [1.165, 1.54) is 25.7 Å². The van der Waals surface area contributed by atoms with Crippen LogP contribution in [0.5, 0.6) is 11.5 Å². The third-order valence-corrected chi connectivity index (χ3v) is 7.16. The monoisotopic (exact) mass is 623 g/mol. The summed E-state index contributed by atoms with van der Waals surface area (Å²) in [5.74, 6) is -1.22. The summed E-state index contributed by atoms with van der Waals surface area (Å²) < 4.78 is 22.4. The Balaban J connectivity index is 2.04. The van der Waals surface area contributed by atoms with Gasteiger partial charge in [0, 0.05) is 5.56 Å². The SMILES string of the molecule is CCCCCCCCOc1ccc(C(=O)Nc2ccccc2O/C(=C/C(=O)OCCCCCC)C(=O)OCCCCCC)cc1. The molecule has 0 fully saturated rings. The lowest BCUT2D eigenvalue weighted by molar-refractivity contribution is -0.143. The van der Waals surface area contributed by atoms with Gasteiger partial charge in [0.25, 0.3) is 5.91 Å². The molecule has 0 bridgehead atoms. The molecule has 0 saturated carbocycles. The van der Waals surface area contributed by atoms with Crippen molar-refractivity contribution in [3.8, 4) is 11.5 Å². The molecule has 2 aromatic carbocycles. The highest BCUT2D eigenvalue weighted by Crippen LogP contribution is 2.27. The van der Waals surface area contributed by atoms with E-state index in [0.717, 1.165) is 63.9 Å². The molecule has 0 aliphatic rings. The van der Waals surface area contributed by atoms with Crippen LogP contribution in [0.2, 0.25) is 0 Å². The fraction of sp³-hybridized carbons (Fsp3) is 0.541. The van der Waals surface area contributed by atoms with Gasteiger partial charge in [-0.3, -0.25) is 4.79 Å². The molecule has 0 spiro atoms. The molecule has 1 N–H and O–H groups in total. The van der Waals surface area contributed by atoms with E-state index in [1.54, 1.807) is 48.5 Å². The van der Waals surface area contributed by atoms with Gasteiger partial charge in [0.05, 0.1) is 31.6 Å². The number of esters is 2. The van der Waals surface area contributed by atoms with Gasteiger partial charge in [-0.1, -0.05) is 104 Å². The standard InChI is InChI=1S/C37H53NO7/c1-4-7-10-13-14-19-26-42-31-24-22-30(23-25-31)36(40)38-32-20-15-16-21-33(32)45-34(37(41)44-28-18-12-9-6-3)29-35(39)43-27-17-11-8-5-2/h15-16,20-25,29H,4-14,17-19,26-28H2,1-3H3,(H,38,40)/b34-29+. The van der Waals surface area contributed by atoms with Crippen molar-refractivity contribution in [3.05, 3.63) is 65.9 Å². The Morgan fingerprint density at radius 2 is 1.20 bits per heavy atom. The number of para-hydroxylation sites is 2. The van der Waals surface area contributed by atoms with Crippen LogP contribution >= 0.6 is 0 Å². The largest absolute Gasteiger partial charge is 0.494 e. The van der Waals surface area contributed by atoms with E-state index < -0.39 is 11.9 Å². The van der Waals surface area contributed by atoms with Crippen LogP contribution in [0.15, 0.2) is 60.4 Å². The van der Waals surface area contributed by atoms with Gasteiger partial charge >= 0.3 is 11.9 Å². The number of ether oxygens (including phenoxy) is 4. The number of hydrogen-bond acceptors (Lipinski definition) is 7. The van der Waals surface area contributed by atoms with Gasteiger partial charge in [-0.2, -0.15) is 0 Å². The molecule has 0 heterocycles. The second kappa shape index (κ2) is 23.6. The maximum absolute atomic E-state index is 13.1. The van der Waals surface area contributed by atoms with Crippen molar-refractivity contribution in [2.45, 2.75) is 111 Å². The molecule has 0 aromatic heterocycles. The van der Waals surface area contributed by atoms with Crippen LogP contribution in [0, 0.1) is 0 Å². The first-order valence-corrected chi connectivity index (χ1v) is 16.8. The maximum Gasteiger partial charge on any atom is 0.374 e.